The molecule has 0 atom stereocenters. The maximum atomic E-state index is 12.1. The zero-order valence-electron chi connectivity index (χ0n) is 12.5. The highest BCUT2D eigenvalue weighted by Gasteiger charge is 2.18. The van der Waals surface area contributed by atoms with Crippen LogP contribution < -0.4 is 0 Å². The summed E-state index contributed by atoms with van der Waals surface area (Å²) in [4.78, 5) is 13.2. The largest absolute Gasteiger partial charge is 0.459 e. The van der Waals surface area contributed by atoms with Crippen molar-refractivity contribution in [3.05, 3.63) is 64.9 Å². The summed E-state index contributed by atoms with van der Waals surface area (Å²) >= 11 is 7.45. The first-order valence-corrected chi connectivity index (χ1v) is 8.55. The molecule has 23 heavy (non-hydrogen) atoms. The van der Waals surface area contributed by atoms with Crippen molar-refractivity contribution in [2.24, 2.45) is 0 Å². The van der Waals surface area contributed by atoms with Gasteiger partial charge >= 0.3 is 5.97 Å². The summed E-state index contributed by atoms with van der Waals surface area (Å²) in [6.07, 6.45) is 0. The van der Waals surface area contributed by atoms with Gasteiger partial charge in [-0.3, -0.25) is 0 Å². The van der Waals surface area contributed by atoms with E-state index < -0.39 is 5.97 Å². The van der Waals surface area contributed by atoms with Crippen LogP contribution in [0.15, 0.2) is 57.8 Å². The summed E-state index contributed by atoms with van der Waals surface area (Å²) in [7, 11) is 0. The first kappa shape index (κ1) is 16.0. The Morgan fingerprint density at radius 3 is 2.65 bits per heavy atom. The van der Waals surface area contributed by atoms with E-state index in [-0.39, 0.29) is 5.76 Å². The molecule has 0 unspecified atom stereocenters. The number of thioether (sulfide) groups is 1. The molecule has 0 aliphatic carbocycles. The van der Waals surface area contributed by atoms with Crippen LogP contribution in [0.4, 0.5) is 0 Å². The third-order valence-corrected chi connectivity index (χ3v) is 4.66. The summed E-state index contributed by atoms with van der Waals surface area (Å²) in [6, 6.07) is 15.1. The van der Waals surface area contributed by atoms with E-state index in [1.165, 1.54) is 0 Å². The lowest BCUT2D eigenvalue weighted by molar-refractivity contribution is 0.0495. The molecule has 3 nitrogen and oxygen atoms in total. The van der Waals surface area contributed by atoms with Gasteiger partial charge in [0, 0.05) is 26.6 Å². The first-order valence-electron chi connectivity index (χ1n) is 7.19. The maximum absolute atomic E-state index is 12.1. The Labute approximate surface area is 143 Å². The Kier molecular flexibility index (Phi) is 4.94. The number of carbonyl (C=O) groups is 1. The molecule has 0 spiro atoms. The van der Waals surface area contributed by atoms with Gasteiger partial charge in [0.25, 0.3) is 0 Å². The van der Waals surface area contributed by atoms with E-state index in [0.29, 0.717) is 23.0 Å². The number of fused-ring (bicyclic) bond motifs is 1. The number of halogens is 1. The lowest BCUT2D eigenvalue weighted by Crippen LogP contribution is -2.08. The number of ether oxygens (including phenoxy) is 1. The monoisotopic (exact) mass is 346 g/mol. The van der Waals surface area contributed by atoms with Crippen LogP contribution in [0.2, 0.25) is 5.02 Å². The summed E-state index contributed by atoms with van der Waals surface area (Å²) in [5.41, 5.74) is 1.52. The van der Waals surface area contributed by atoms with Gasteiger partial charge in [0.1, 0.15) is 12.2 Å². The Bertz CT molecular complexity index is 824. The molecular formula is C18H15ClO3S. The summed E-state index contributed by atoms with van der Waals surface area (Å²) in [6.45, 7) is 2.19. The molecule has 0 aliphatic heterocycles. The van der Waals surface area contributed by atoms with Crippen LogP contribution in [0.25, 0.3) is 11.0 Å². The SMILES string of the molecule is Cc1c(C(=O)OCCSc2ccc(Cl)cc2)oc2ccccc12. The number of hydrogen-bond acceptors (Lipinski definition) is 4. The average molecular weight is 347 g/mol. The smallest absolute Gasteiger partial charge is 0.374 e. The number of hydrogen-bond donors (Lipinski definition) is 0. The number of rotatable bonds is 5. The van der Waals surface area contributed by atoms with Gasteiger partial charge in [0.15, 0.2) is 0 Å². The van der Waals surface area contributed by atoms with Crippen molar-refractivity contribution in [1.29, 1.82) is 0 Å². The van der Waals surface area contributed by atoms with Crippen LogP contribution >= 0.6 is 23.4 Å². The Balaban J connectivity index is 1.56. The zero-order chi connectivity index (χ0) is 16.2. The quantitative estimate of drug-likeness (QED) is 0.355. The number of furan rings is 1. The number of esters is 1. The Morgan fingerprint density at radius 2 is 1.91 bits per heavy atom. The highest BCUT2D eigenvalue weighted by Crippen LogP contribution is 2.25. The second-order valence-electron chi connectivity index (χ2n) is 4.99. The van der Waals surface area contributed by atoms with Gasteiger partial charge in [-0.25, -0.2) is 4.79 Å². The molecule has 0 N–H and O–H groups in total. The van der Waals surface area contributed by atoms with Crippen molar-refractivity contribution in [3.8, 4) is 0 Å². The second-order valence-corrected chi connectivity index (χ2v) is 6.60. The molecule has 0 fully saturated rings. The topological polar surface area (TPSA) is 39.4 Å². The molecule has 5 heteroatoms. The third-order valence-electron chi connectivity index (χ3n) is 3.43. The standard InChI is InChI=1S/C18H15ClO3S/c1-12-15-4-2-3-5-16(15)22-17(12)18(20)21-10-11-23-14-8-6-13(19)7-9-14/h2-9H,10-11H2,1H3. The van der Waals surface area contributed by atoms with Crippen molar-refractivity contribution in [2.45, 2.75) is 11.8 Å². The van der Waals surface area contributed by atoms with Crippen LogP contribution in [0, 0.1) is 6.92 Å². The minimum atomic E-state index is -0.421. The van der Waals surface area contributed by atoms with E-state index in [1.807, 2.05) is 55.5 Å². The minimum absolute atomic E-state index is 0.280. The van der Waals surface area contributed by atoms with E-state index in [2.05, 4.69) is 0 Å². The van der Waals surface area contributed by atoms with E-state index in [9.17, 15) is 4.79 Å². The number of benzene rings is 2. The highest BCUT2D eigenvalue weighted by molar-refractivity contribution is 7.99. The lowest BCUT2D eigenvalue weighted by atomic mass is 10.1. The number of para-hydroxylation sites is 1. The van der Waals surface area contributed by atoms with Crippen molar-refractivity contribution in [2.75, 3.05) is 12.4 Å². The molecule has 0 amide bonds. The van der Waals surface area contributed by atoms with Crippen LogP contribution in [0.3, 0.4) is 0 Å². The Hall–Kier alpha value is -1.91. The predicted octanol–water partition coefficient (Wildman–Crippen LogP) is 5.34. The molecular weight excluding hydrogens is 332 g/mol. The second kappa shape index (κ2) is 7.11. The maximum Gasteiger partial charge on any atom is 0.374 e. The zero-order valence-corrected chi connectivity index (χ0v) is 14.1. The fraction of sp³-hybridized carbons (Fsp3) is 0.167. The van der Waals surface area contributed by atoms with Gasteiger partial charge < -0.3 is 9.15 Å². The van der Waals surface area contributed by atoms with Crippen LogP contribution in [0.5, 0.6) is 0 Å². The molecule has 2 aromatic carbocycles. The van der Waals surface area contributed by atoms with Gasteiger partial charge in [0.2, 0.25) is 5.76 Å². The molecule has 1 aromatic heterocycles. The van der Waals surface area contributed by atoms with Crippen molar-refractivity contribution < 1.29 is 13.9 Å². The van der Waals surface area contributed by atoms with Gasteiger partial charge in [-0.2, -0.15) is 0 Å². The molecule has 0 saturated heterocycles. The molecule has 118 valence electrons. The number of aryl methyl sites for hydroxylation is 1. The molecule has 1 heterocycles. The van der Waals surface area contributed by atoms with Gasteiger partial charge in [0.05, 0.1) is 0 Å². The summed E-state index contributed by atoms with van der Waals surface area (Å²) in [5.74, 6) is 0.533. The molecule has 0 radical (unpaired) electrons. The molecule has 0 saturated carbocycles. The molecule has 3 rings (SSSR count). The highest BCUT2D eigenvalue weighted by atomic mass is 35.5. The Morgan fingerprint density at radius 1 is 1.17 bits per heavy atom. The number of carbonyl (C=O) groups excluding carboxylic acids is 1. The lowest BCUT2D eigenvalue weighted by Gasteiger charge is -2.04. The molecule has 0 aliphatic rings. The van der Waals surface area contributed by atoms with Crippen molar-refractivity contribution in [3.63, 3.8) is 0 Å². The van der Waals surface area contributed by atoms with Crippen molar-refractivity contribution >= 4 is 40.3 Å². The van der Waals surface area contributed by atoms with E-state index in [1.54, 1.807) is 11.8 Å². The van der Waals surface area contributed by atoms with Crippen LogP contribution in [-0.2, 0) is 4.74 Å². The van der Waals surface area contributed by atoms with Crippen LogP contribution in [0.1, 0.15) is 16.1 Å². The predicted molar refractivity (Wildman–Crippen MR) is 93.4 cm³/mol. The summed E-state index contributed by atoms with van der Waals surface area (Å²) < 4.78 is 10.9. The normalized spacial score (nSPS) is 10.9. The van der Waals surface area contributed by atoms with Gasteiger partial charge in [-0.05, 0) is 37.3 Å². The van der Waals surface area contributed by atoms with Gasteiger partial charge in [-0.15, -0.1) is 11.8 Å². The average Bonchev–Trinajstić information content (AvgIpc) is 2.90. The van der Waals surface area contributed by atoms with Crippen molar-refractivity contribution in [1.82, 2.24) is 0 Å². The molecule has 3 aromatic rings. The van der Waals surface area contributed by atoms with E-state index in [0.717, 1.165) is 15.8 Å². The first-order chi connectivity index (χ1) is 11.1. The van der Waals surface area contributed by atoms with E-state index in [4.69, 9.17) is 20.8 Å². The fourth-order valence-corrected chi connectivity index (χ4v) is 3.12. The third kappa shape index (κ3) is 3.71. The molecule has 0 bridgehead atoms. The van der Waals surface area contributed by atoms with E-state index >= 15 is 0 Å². The minimum Gasteiger partial charge on any atom is -0.459 e. The fourth-order valence-electron chi connectivity index (χ4n) is 2.26. The summed E-state index contributed by atoms with van der Waals surface area (Å²) in [5, 5.41) is 1.65. The van der Waals surface area contributed by atoms with Gasteiger partial charge in [-0.1, -0.05) is 29.8 Å². The van der Waals surface area contributed by atoms with Crippen LogP contribution in [-0.4, -0.2) is 18.3 Å².